The second kappa shape index (κ2) is 6.19. The fourth-order valence-electron chi connectivity index (χ4n) is 2.70. The molecular formula is C16H20N4O2. The van der Waals surface area contributed by atoms with Gasteiger partial charge in [0.25, 0.3) is 0 Å². The number of aryl methyl sites for hydroxylation is 1. The first kappa shape index (κ1) is 14.6. The van der Waals surface area contributed by atoms with Gasteiger partial charge in [0.15, 0.2) is 0 Å². The van der Waals surface area contributed by atoms with E-state index < -0.39 is 6.09 Å². The van der Waals surface area contributed by atoms with E-state index in [4.69, 9.17) is 5.11 Å². The van der Waals surface area contributed by atoms with E-state index in [1.807, 2.05) is 41.9 Å². The van der Waals surface area contributed by atoms with E-state index in [0.29, 0.717) is 13.1 Å². The molecular weight excluding hydrogens is 280 g/mol. The van der Waals surface area contributed by atoms with E-state index >= 15 is 0 Å². The monoisotopic (exact) mass is 300 g/mol. The summed E-state index contributed by atoms with van der Waals surface area (Å²) in [4.78, 5) is 14.7. The Morgan fingerprint density at radius 1 is 1.18 bits per heavy atom. The lowest BCUT2D eigenvalue weighted by molar-refractivity contribution is 0.103. The molecule has 1 aliphatic rings. The first-order valence-corrected chi connectivity index (χ1v) is 7.44. The van der Waals surface area contributed by atoms with Crippen LogP contribution < -0.4 is 0 Å². The van der Waals surface area contributed by atoms with Crippen LogP contribution in [0.1, 0.15) is 11.3 Å². The highest BCUT2D eigenvalue weighted by molar-refractivity contribution is 5.65. The second-order valence-electron chi connectivity index (χ2n) is 5.57. The van der Waals surface area contributed by atoms with Crippen LogP contribution in [0.4, 0.5) is 4.79 Å². The first-order valence-electron chi connectivity index (χ1n) is 7.44. The summed E-state index contributed by atoms with van der Waals surface area (Å²) in [6, 6.07) is 10.0. The van der Waals surface area contributed by atoms with Gasteiger partial charge in [-0.1, -0.05) is 18.2 Å². The Bertz CT molecular complexity index is 645. The fourth-order valence-corrected chi connectivity index (χ4v) is 2.70. The van der Waals surface area contributed by atoms with E-state index in [1.54, 1.807) is 0 Å². The number of amides is 1. The third kappa shape index (κ3) is 3.12. The van der Waals surface area contributed by atoms with Crippen LogP contribution in [0.2, 0.25) is 0 Å². The number of piperazine rings is 1. The molecule has 2 heterocycles. The van der Waals surface area contributed by atoms with Crippen LogP contribution in [0.25, 0.3) is 5.69 Å². The van der Waals surface area contributed by atoms with Gasteiger partial charge in [0.05, 0.1) is 11.4 Å². The molecule has 2 aromatic rings. The van der Waals surface area contributed by atoms with Gasteiger partial charge in [-0.05, 0) is 19.1 Å². The van der Waals surface area contributed by atoms with E-state index in [1.165, 1.54) is 10.5 Å². The van der Waals surface area contributed by atoms with Crippen LogP contribution in [-0.2, 0) is 6.54 Å². The zero-order valence-electron chi connectivity index (χ0n) is 12.6. The van der Waals surface area contributed by atoms with Crippen LogP contribution in [0.5, 0.6) is 0 Å². The Morgan fingerprint density at radius 3 is 2.50 bits per heavy atom. The summed E-state index contributed by atoms with van der Waals surface area (Å²) in [5.74, 6) is 0. The van der Waals surface area contributed by atoms with Gasteiger partial charge in [-0.3, -0.25) is 4.90 Å². The molecule has 3 rings (SSSR count). The average Bonchev–Trinajstić information content (AvgIpc) is 2.90. The number of carbonyl (C=O) groups is 1. The third-order valence-corrected chi connectivity index (χ3v) is 4.06. The molecule has 0 spiro atoms. The van der Waals surface area contributed by atoms with Crippen molar-refractivity contribution in [3.8, 4) is 5.69 Å². The third-order valence-electron chi connectivity index (χ3n) is 4.06. The molecule has 1 saturated heterocycles. The van der Waals surface area contributed by atoms with Crippen molar-refractivity contribution in [1.29, 1.82) is 0 Å². The van der Waals surface area contributed by atoms with E-state index in [0.717, 1.165) is 31.0 Å². The smallest absolute Gasteiger partial charge is 0.407 e. The molecule has 6 nitrogen and oxygen atoms in total. The molecule has 6 heteroatoms. The predicted octanol–water partition coefficient (Wildman–Crippen LogP) is 1.98. The maximum absolute atomic E-state index is 10.9. The summed E-state index contributed by atoms with van der Waals surface area (Å²) in [6.07, 6.45) is 1.24. The van der Waals surface area contributed by atoms with Crippen LogP contribution >= 0.6 is 0 Å². The van der Waals surface area contributed by atoms with Gasteiger partial charge in [0, 0.05) is 44.5 Å². The molecule has 0 unspecified atom stereocenters. The maximum atomic E-state index is 10.9. The molecule has 1 aromatic heterocycles. The van der Waals surface area contributed by atoms with Gasteiger partial charge < -0.3 is 10.0 Å². The summed E-state index contributed by atoms with van der Waals surface area (Å²) in [7, 11) is 0. The van der Waals surface area contributed by atoms with Gasteiger partial charge >= 0.3 is 6.09 Å². The van der Waals surface area contributed by atoms with Crippen molar-refractivity contribution in [2.75, 3.05) is 26.2 Å². The molecule has 1 aromatic carbocycles. The largest absolute Gasteiger partial charge is 0.465 e. The summed E-state index contributed by atoms with van der Waals surface area (Å²) < 4.78 is 1.90. The molecule has 1 fully saturated rings. The zero-order valence-corrected chi connectivity index (χ0v) is 12.6. The topological polar surface area (TPSA) is 61.6 Å². The molecule has 1 aliphatic heterocycles. The average molecular weight is 300 g/mol. The lowest BCUT2D eigenvalue weighted by Gasteiger charge is -2.32. The van der Waals surface area contributed by atoms with Gasteiger partial charge in [0.1, 0.15) is 0 Å². The van der Waals surface area contributed by atoms with Crippen LogP contribution in [0.15, 0.2) is 36.5 Å². The quantitative estimate of drug-likeness (QED) is 0.941. The van der Waals surface area contributed by atoms with E-state index in [2.05, 4.69) is 16.2 Å². The van der Waals surface area contributed by atoms with Crippen molar-refractivity contribution in [1.82, 2.24) is 19.6 Å². The maximum Gasteiger partial charge on any atom is 0.407 e. The van der Waals surface area contributed by atoms with Gasteiger partial charge in [-0.15, -0.1) is 0 Å². The lowest BCUT2D eigenvalue weighted by Crippen LogP contribution is -2.47. The van der Waals surface area contributed by atoms with E-state index in [-0.39, 0.29) is 0 Å². The Kier molecular flexibility index (Phi) is 4.11. The van der Waals surface area contributed by atoms with Gasteiger partial charge in [0.2, 0.25) is 0 Å². The second-order valence-corrected chi connectivity index (χ2v) is 5.57. The highest BCUT2D eigenvalue weighted by Crippen LogP contribution is 2.15. The minimum Gasteiger partial charge on any atom is -0.465 e. The highest BCUT2D eigenvalue weighted by atomic mass is 16.4. The number of hydrogen-bond acceptors (Lipinski definition) is 3. The van der Waals surface area contributed by atoms with Crippen LogP contribution in [0, 0.1) is 6.92 Å². The van der Waals surface area contributed by atoms with Gasteiger partial charge in [-0.25, -0.2) is 9.48 Å². The normalized spacial score (nSPS) is 16.0. The van der Waals surface area contributed by atoms with Crippen molar-refractivity contribution >= 4 is 6.09 Å². The van der Waals surface area contributed by atoms with Crippen LogP contribution in [0.3, 0.4) is 0 Å². The van der Waals surface area contributed by atoms with Crippen molar-refractivity contribution in [2.45, 2.75) is 13.5 Å². The van der Waals surface area contributed by atoms with Crippen molar-refractivity contribution < 1.29 is 9.90 Å². The van der Waals surface area contributed by atoms with Gasteiger partial charge in [-0.2, -0.15) is 5.10 Å². The molecule has 0 saturated carbocycles. The number of benzene rings is 1. The molecule has 0 aliphatic carbocycles. The number of carboxylic acid groups (broad SMARTS) is 1. The molecule has 0 atom stereocenters. The Balaban J connectivity index is 1.67. The Morgan fingerprint density at radius 2 is 1.86 bits per heavy atom. The number of nitrogens with zero attached hydrogens (tertiary/aromatic N) is 4. The molecule has 1 N–H and O–H groups in total. The standard InChI is InChI=1S/C16H20N4O2/c1-13-14(11-18-7-9-19(10-8-18)16(21)22)12-20(17-13)15-5-3-2-4-6-15/h2-6,12H,7-11H2,1H3,(H,21,22). The van der Waals surface area contributed by atoms with E-state index in [9.17, 15) is 4.79 Å². The SMILES string of the molecule is Cc1nn(-c2ccccc2)cc1CN1CCN(C(=O)O)CC1. The molecule has 0 radical (unpaired) electrons. The number of aromatic nitrogens is 2. The van der Waals surface area contributed by atoms with Crippen LogP contribution in [-0.4, -0.2) is 57.0 Å². The molecule has 116 valence electrons. The van der Waals surface area contributed by atoms with Crippen molar-refractivity contribution in [2.24, 2.45) is 0 Å². The molecule has 1 amide bonds. The Labute approximate surface area is 129 Å². The number of hydrogen-bond donors (Lipinski definition) is 1. The lowest BCUT2D eigenvalue weighted by atomic mass is 10.2. The summed E-state index contributed by atoms with van der Waals surface area (Å²) in [5, 5.41) is 13.6. The molecule has 22 heavy (non-hydrogen) atoms. The minimum atomic E-state index is -0.826. The highest BCUT2D eigenvalue weighted by Gasteiger charge is 2.21. The summed E-state index contributed by atoms with van der Waals surface area (Å²) in [5.41, 5.74) is 3.25. The summed E-state index contributed by atoms with van der Waals surface area (Å²) >= 11 is 0. The van der Waals surface area contributed by atoms with Crippen molar-refractivity contribution in [3.63, 3.8) is 0 Å². The van der Waals surface area contributed by atoms with Crippen molar-refractivity contribution in [3.05, 3.63) is 47.8 Å². The number of rotatable bonds is 3. The minimum absolute atomic E-state index is 0.571. The summed E-state index contributed by atoms with van der Waals surface area (Å²) in [6.45, 7) is 5.50. The number of para-hydroxylation sites is 1. The fraction of sp³-hybridized carbons (Fsp3) is 0.375. The molecule has 0 bridgehead atoms. The predicted molar refractivity (Wildman–Crippen MR) is 83.2 cm³/mol. The zero-order chi connectivity index (χ0) is 15.5. The Hall–Kier alpha value is -2.34. The first-order chi connectivity index (χ1) is 10.6.